The molecule has 2 aromatic heterocycles. The maximum absolute atomic E-state index is 6.10. The van der Waals surface area contributed by atoms with E-state index in [9.17, 15) is 0 Å². The Morgan fingerprint density at radius 1 is 1.44 bits per heavy atom. The first-order valence-corrected chi connectivity index (χ1v) is 6.45. The molecule has 0 aliphatic carbocycles. The van der Waals surface area contributed by atoms with Crippen molar-refractivity contribution in [2.24, 2.45) is 5.73 Å². The second-order valence-electron chi connectivity index (χ2n) is 3.67. The van der Waals surface area contributed by atoms with E-state index < -0.39 is 0 Å². The third-order valence-electron chi connectivity index (χ3n) is 2.53. The SMILES string of the molecule is NC(CCc1ccsc1)c1ccncc1Cl. The van der Waals surface area contributed by atoms with E-state index in [1.165, 1.54) is 5.56 Å². The van der Waals surface area contributed by atoms with Crippen LogP contribution in [0, 0.1) is 0 Å². The molecule has 0 saturated carbocycles. The molecule has 0 bridgehead atoms. The molecule has 2 nitrogen and oxygen atoms in total. The molecule has 1 atom stereocenters. The molecule has 2 rings (SSSR count). The molecule has 84 valence electrons. The lowest BCUT2D eigenvalue weighted by atomic mass is 10.0. The number of rotatable bonds is 4. The van der Waals surface area contributed by atoms with Gasteiger partial charge in [-0.3, -0.25) is 4.98 Å². The fraction of sp³-hybridized carbons (Fsp3) is 0.250. The van der Waals surface area contributed by atoms with Gasteiger partial charge in [-0.1, -0.05) is 11.6 Å². The molecule has 0 spiro atoms. The van der Waals surface area contributed by atoms with Crippen LogP contribution in [0.25, 0.3) is 0 Å². The maximum Gasteiger partial charge on any atom is 0.0637 e. The Balaban J connectivity index is 1.98. The van der Waals surface area contributed by atoms with Crippen LogP contribution in [0.15, 0.2) is 35.3 Å². The van der Waals surface area contributed by atoms with Crippen molar-refractivity contribution in [1.29, 1.82) is 0 Å². The van der Waals surface area contributed by atoms with E-state index in [1.807, 2.05) is 6.07 Å². The van der Waals surface area contributed by atoms with E-state index in [2.05, 4.69) is 21.8 Å². The predicted molar refractivity (Wildman–Crippen MR) is 68.8 cm³/mol. The summed E-state index contributed by atoms with van der Waals surface area (Å²) < 4.78 is 0. The summed E-state index contributed by atoms with van der Waals surface area (Å²) in [6, 6.07) is 4.00. The number of halogens is 1. The predicted octanol–water partition coefficient (Wildman–Crippen LogP) is 3.43. The summed E-state index contributed by atoms with van der Waals surface area (Å²) in [6.07, 6.45) is 5.26. The second kappa shape index (κ2) is 5.43. The first kappa shape index (κ1) is 11.6. The van der Waals surface area contributed by atoms with Gasteiger partial charge in [0.2, 0.25) is 0 Å². The van der Waals surface area contributed by atoms with Gasteiger partial charge in [0.05, 0.1) is 5.02 Å². The lowest BCUT2D eigenvalue weighted by molar-refractivity contribution is 0.651. The zero-order chi connectivity index (χ0) is 11.4. The molecule has 2 aromatic rings. The molecule has 0 amide bonds. The summed E-state index contributed by atoms with van der Waals surface area (Å²) in [5.74, 6) is 0. The molecule has 1 unspecified atom stereocenters. The number of thiophene rings is 1. The van der Waals surface area contributed by atoms with Crippen molar-refractivity contribution >= 4 is 22.9 Å². The number of nitrogens with zero attached hydrogens (tertiary/aromatic N) is 1. The minimum absolute atomic E-state index is 0.0181. The van der Waals surface area contributed by atoms with E-state index in [0.29, 0.717) is 5.02 Å². The Labute approximate surface area is 104 Å². The highest BCUT2D eigenvalue weighted by molar-refractivity contribution is 7.07. The normalized spacial score (nSPS) is 12.6. The first-order chi connectivity index (χ1) is 7.77. The summed E-state index contributed by atoms with van der Waals surface area (Å²) in [6.45, 7) is 0. The molecule has 0 aromatic carbocycles. The topological polar surface area (TPSA) is 38.9 Å². The Morgan fingerprint density at radius 3 is 3.00 bits per heavy atom. The number of hydrogen-bond donors (Lipinski definition) is 1. The highest BCUT2D eigenvalue weighted by atomic mass is 35.5. The fourth-order valence-corrected chi connectivity index (χ4v) is 2.56. The minimum atomic E-state index is -0.0181. The largest absolute Gasteiger partial charge is 0.324 e. The summed E-state index contributed by atoms with van der Waals surface area (Å²) >= 11 is 7.75. The highest BCUT2D eigenvalue weighted by Gasteiger charge is 2.09. The van der Waals surface area contributed by atoms with Crippen LogP contribution in [-0.4, -0.2) is 4.98 Å². The van der Waals surface area contributed by atoms with Crippen molar-refractivity contribution in [3.05, 3.63) is 51.4 Å². The third-order valence-corrected chi connectivity index (χ3v) is 3.58. The van der Waals surface area contributed by atoms with Crippen LogP contribution in [0.4, 0.5) is 0 Å². The molecule has 0 aliphatic rings. The molecule has 0 aliphatic heterocycles. The summed E-state index contributed by atoms with van der Waals surface area (Å²) in [5.41, 5.74) is 8.42. The highest BCUT2D eigenvalue weighted by Crippen LogP contribution is 2.23. The summed E-state index contributed by atoms with van der Waals surface area (Å²) in [4.78, 5) is 3.95. The van der Waals surface area contributed by atoms with Gasteiger partial charge in [0.25, 0.3) is 0 Å². The third kappa shape index (κ3) is 2.82. The van der Waals surface area contributed by atoms with Gasteiger partial charge in [-0.2, -0.15) is 11.3 Å². The van der Waals surface area contributed by atoms with Gasteiger partial charge in [0.1, 0.15) is 0 Å². The Hall–Kier alpha value is -0.900. The standard InChI is InChI=1S/C12H13ClN2S/c13-11-7-15-5-3-10(11)12(14)2-1-9-4-6-16-8-9/h3-8,12H,1-2,14H2. The quantitative estimate of drug-likeness (QED) is 0.906. The van der Waals surface area contributed by atoms with Gasteiger partial charge in [0, 0.05) is 18.4 Å². The Morgan fingerprint density at radius 2 is 2.31 bits per heavy atom. The summed E-state index contributed by atoms with van der Waals surface area (Å²) in [7, 11) is 0. The van der Waals surface area contributed by atoms with Gasteiger partial charge < -0.3 is 5.73 Å². The monoisotopic (exact) mass is 252 g/mol. The lowest BCUT2D eigenvalue weighted by Gasteiger charge is -2.12. The lowest BCUT2D eigenvalue weighted by Crippen LogP contribution is -2.11. The smallest absolute Gasteiger partial charge is 0.0637 e. The van der Waals surface area contributed by atoms with Gasteiger partial charge in [-0.25, -0.2) is 0 Å². The molecule has 2 heterocycles. The molecule has 0 radical (unpaired) electrons. The van der Waals surface area contributed by atoms with Crippen molar-refractivity contribution in [3.63, 3.8) is 0 Å². The van der Waals surface area contributed by atoms with Crippen molar-refractivity contribution in [2.45, 2.75) is 18.9 Å². The van der Waals surface area contributed by atoms with Crippen LogP contribution < -0.4 is 5.73 Å². The molecule has 0 saturated heterocycles. The van der Waals surface area contributed by atoms with Gasteiger partial charge >= 0.3 is 0 Å². The molecule has 2 N–H and O–H groups in total. The number of nitrogens with two attached hydrogens (primary N) is 1. The number of hydrogen-bond acceptors (Lipinski definition) is 3. The van der Waals surface area contributed by atoms with Crippen LogP contribution in [0.5, 0.6) is 0 Å². The van der Waals surface area contributed by atoms with Gasteiger partial charge in [0.15, 0.2) is 0 Å². The van der Waals surface area contributed by atoms with Crippen LogP contribution in [0.1, 0.15) is 23.6 Å². The van der Waals surface area contributed by atoms with Gasteiger partial charge in [-0.15, -0.1) is 0 Å². The van der Waals surface area contributed by atoms with E-state index in [-0.39, 0.29) is 6.04 Å². The van der Waals surface area contributed by atoms with Crippen molar-refractivity contribution < 1.29 is 0 Å². The zero-order valence-electron chi connectivity index (χ0n) is 8.77. The minimum Gasteiger partial charge on any atom is -0.324 e. The zero-order valence-corrected chi connectivity index (χ0v) is 10.3. The van der Waals surface area contributed by atoms with Crippen molar-refractivity contribution in [1.82, 2.24) is 4.98 Å². The van der Waals surface area contributed by atoms with E-state index in [4.69, 9.17) is 17.3 Å². The average molecular weight is 253 g/mol. The maximum atomic E-state index is 6.10. The van der Waals surface area contributed by atoms with E-state index in [0.717, 1.165) is 18.4 Å². The van der Waals surface area contributed by atoms with Crippen molar-refractivity contribution in [2.75, 3.05) is 0 Å². The molecule has 16 heavy (non-hydrogen) atoms. The molecule has 0 fully saturated rings. The fourth-order valence-electron chi connectivity index (χ4n) is 1.60. The van der Waals surface area contributed by atoms with Crippen LogP contribution >= 0.6 is 22.9 Å². The van der Waals surface area contributed by atoms with Crippen molar-refractivity contribution in [3.8, 4) is 0 Å². The molecule has 4 heteroatoms. The van der Waals surface area contributed by atoms with Crippen LogP contribution in [0.3, 0.4) is 0 Å². The van der Waals surface area contributed by atoms with E-state index in [1.54, 1.807) is 23.7 Å². The number of pyridine rings is 1. The second-order valence-corrected chi connectivity index (χ2v) is 4.86. The van der Waals surface area contributed by atoms with E-state index >= 15 is 0 Å². The summed E-state index contributed by atoms with van der Waals surface area (Å²) in [5, 5.41) is 4.89. The van der Waals surface area contributed by atoms with Crippen LogP contribution in [0.2, 0.25) is 5.02 Å². The first-order valence-electron chi connectivity index (χ1n) is 5.13. The van der Waals surface area contributed by atoms with Crippen LogP contribution in [-0.2, 0) is 6.42 Å². The Bertz CT molecular complexity index is 442. The Kier molecular flexibility index (Phi) is 3.93. The number of aromatic nitrogens is 1. The molecular weight excluding hydrogens is 240 g/mol. The molecular formula is C12H13ClN2S. The number of aryl methyl sites for hydroxylation is 1. The van der Waals surface area contributed by atoms with Gasteiger partial charge in [-0.05, 0) is 46.9 Å². The average Bonchev–Trinajstić information content (AvgIpc) is 2.79.